The van der Waals surface area contributed by atoms with Gasteiger partial charge in [0.1, 0.15) is 6.29 Å². The van der Waals surface area contributed by atoms with E-state index in [0.29, 0.717) is 23.8 Å². The van der Waals surface area contributed by atoms with Crippen LogP contribution < -0.4 is 0 Å². The van der Waals surface area contributed by atoms with E-state index in [1.165, 1.54) is 0 Å². The number of hydrogen-bond donors (Lipinski definition) is 0. The van der Waals surface area contributed by atoms with E-state index in [2.05, 4.69) is 0 Å². The summed E-state index contributed by atoms with van der Waals surface area (Å²) in [5, 5.41) is 21.7. The second-order valence-electron chi connectivity index (χ2n) is 3.47. The summed E-state index contributed by atoms with van der Waals surface area (Å²) in [5.74, 6) is -0.866. The first-order valence-electron chi connectivity index (χ1n) is 4.61. The number of hydrogen-bond acceptors (Lipinski definition) is 5. The van der Waals surface area contributed by atoms with Crippen molar-refractivity contribution >= 4 is 24.1 Å². The van der Waals surface area contributed by atoms with Crippen molar-refractivity contribution in [3.8, 4) is 0 Å². The Kier molecular flexibility index (Phi) is 2.81. The molecule has 0 bridgehead atoms. The molecule has 1 aromatic carbocycles. The summed E-state index contributed by atoms with van der Waals surface area (Å²) in [6.45, 7) is 0. The van der Waals surface area contributed by atoms with Gasteiger partial charge in [0.25, 0.3) is 0 Å². The average molecular weight is 238 g/mol. The summed E-state index contributed by atoms with van der Waals surface area (Å²) in [6, 6.07) is 6.49. The predicted molar refractivity (Wildman–Crippen MR) is 58.8 cm³/mol. The highest BCUT2D eigenvalue weighted by Gasteiger charge is 2.38. The summed E-state index contributed by atoms with van der Waals surface area (Å²) in [7, 11) is 0. The molecule has 1 fully saturated rings. The number of nitrogens with zero attached hydrogens (tertiary/aromatic N) is 1. The monoisotopic (exact) mass is 238 g/mol. The first-order valence-corrected chi connectivity index (χ1v) is 5.44. The maximum absolute atomic E-state index is 11.1. The number of carbonyl (C=O) groups excluding carboxylic acids is 2. The molecule has 1 unspecified atom stereocenters. The first-order chi connectivity index (χ1) is 7.53. The third-order valence-corrected chi connectivity index (χ3v) is 3.55. The van der Waals surface area contributed by atoms with Gasteiger partial charge in [-0.25, -0.2) is 4.79 Å². The van der Waals surface area contributed by atoms with Gasteiger partial charge in [-0.15, -0.1) is 0 Å². The highest BCUT2D eigenvalue weighted by Crippen LogP contribution is 2.46. The van der Waals surface area contributed by atoms with Crippen LogP contribution in [0.25, 0.3) is 0 Å². The molecule has 1 atom stereocenters. The molecule has 0 spiro atoms. The van der Waals surface area contributed by atoms with Crippen molar-refractivity contribution in [3.05, 3.63) is 45.8 Å². The van der Waals surface area contributed by atoms with Crippen LogP contribution in [0.3, 0.4) is 0 Å². The molecule has 1 aliphatic heterocycles. The van der Waals surface area contributed by atoms with E-state index in [9.17, 15) is 20.0 Å². The van der Waals surface area contributed by atoms with Crippen LogP contribution in [-0.4, -0.2) is 16.4 Å². The Morgan fingerprint density at radius 3 is 2.38 bits per heavy atom. The van der Waals surface area contributed by atoms with Crippen LogP contribution >= 0.6 is 11.9 Å². The molecule has 0 saturated carbocycles. The van der Waals surface area contributed by atoms with Crippen LogP contribution in [0, 0.1) is 10.4 Å². The van der Waals surface area contributed by atoms with Crippen molar-refractivity contribution in [2.24, 2.45) is 0 Å². The van der Waals surface area contributed by atoms with E-state index in [4.69, 9.17) is 0 Å². The lowest BCUT2D eigenvalue weighted by Gasteiger charge is -2.36. The third-order valence-electron chi connectivity index (χ3n) is 2.38. The van der Waals surface area contributed by atoms with E-state index in [-0.39, 0.29) is 6.42 Å². The van der Waals surface area contributed by atoms with Crippen LogP contribution in [0.15, 0.2) is 24.3 Å². The van der Waals surface area contributed by atoms with E-state index in [1.807, 2.05) is 0 Å². The van der Waals surface area contributed by atoms with Gasteiger partial charge in [0.2, 0.25) is 0 Å². The molecule has 0 aromatic heterocycles. The summed E-state index contributed by atoms with van der Waals surface area (Å²) in [6.07, 6.45) is 0.649. The summed E-state index contributed by atoms with van der Waals surface area (Å²) >= 11 is 0.531. The molecule has 5 nitrogen and oxygen atoms in total. The number of hydroxylamine groups is 2. The lowest BCUT2D eigenvalue weighted by atomic mass is 10.1. The lowest BCUT2D eigenvalue weighted by Crippen LogP contribution is -2.28. The van der Waals surface area contributed by atoms with E-state index in [0.717, 1.165) is 5.56 Å². The zero-order valence-corrected chi connectivity index (χ0v) is 8.98. The topological polar surface area (TPSA) is 80.3 Å². The van der Waals surface area contributed by atoms with Crippen molar-refractivity contribution in [1.29, 1.82) is 0 Å². The minimum atomic E-state index is -2.12. The minimum absolute atomic E-state index is 0.0574. The predicted octanol–water partition coefficient (Wildman–Crippen LogP) is 1.93. The molecule has 0 radical (unpaired) electrons. The molecule has 1 aliphatic rings. The Morgan fingerprint density at radius 2 is 1.94 bits per heavy atom. The van der Waals surface area contributed by atoms with Crippen molar-refractivity contribution in [2.45, 2.75) is 11.7 Å². The smallest absolute Gasteiger partial charge is 0.326 e. The number of aldehydes is 1. The highest BCUT2D eigenvalue weighted by molar-refractivity contribution is 7.94. The van der Waals surface area contributed by atoms with Crippen LogP contribution in [-0.2, 0) is 4.79 Å². The fourth-order valence-electron chi connectivity index (χ4n) is 1.50. The van der Waals surface area contributed by atoms with Crippen molar-refractivity contribution in [1.82, 2.24) is 0 Å². The molecule has 1 saturated heterocycles. The number of rotatable bonds is 2. The molecule has 0 N–H and O–H groups in total. The van der Waals surface area contributed by atoms with Gasteiger partial charge in [0, 0.05) is 5.56 Å². The Hall–Kier alpha value is -1.21. The number of quaternary nitrogens is 1. The number of benzene rings is 1. The SMILES string of the molecule is O=Cc1ccc(C2CC(=O)[N+]([O-])([O-])S2)cc1. The van der Waals surface area contributed by atoms with Gasteiger partial charge < -0.3 is 10.4 Å². The first kappa shape index (κ1) is 11.3. The van der Waals surface area contributed by atoms with Gasteiger partial charge >= 0.3 is 5.91 Å². The normalized spacial score (nSPS) is 23.4. The Labute approximate surface area is 95.9 Å². The average Bonchev–Trinajstić information content (AvgIpc) is 2.54. The van der Waals surface area contributed by atoms with Crippen LogP contribution in [0.1, 0.15) is 27.6 Å². The number of amides is 1. The van der Waals surface area contributed by atoms with E-state index in [1.54, 1.807) is 24.3 Å². The highest BCUT2D eigenvalue weighted by atomic mass is 32.2. The molecule has 0 aliphatic carbocycles. The van der Waals surface area contributed by atoms with Gasteiger partial charge in [-0.3, -0.25) is 9.01 Å². The van der Waals surface area contributed by atoms with Crippen molar-refractivity contribution in [3.63, 3.8) is 0 Å². The van der Waals surface area contributed by atoms with Gasteiger partial charge in [-0.1, -0.05) is 24.3 Å². The minimum Gasteiger partial charge on any atom is -0.612 e. The van der Waals surface area contributed by atoms with Crippen LogP contribution in [0.2, 0.25) is 0 Å². The fraction of sp³-hybridized carbons (Fsp3) is 0.200. The molecular formula is C10H8NO4S-. The van der Waals surface area contributed by atoms with E-state index >= 15 is 0 Å². The van der Waals surface area contributed by atoms with Crippen LogP contribution in [0.5, 0.6) is 0 Å². The summed E-state index contributed by atoms with van der Waals surface area (Å²) < 4.78 is -2.12. The maximum atomic E-state index is 11.1. The lowest BCUT2D eigenvalue weighted by molar-refractivity contribution is -0.593. The Morgan fingerprint density at radius 1 is 1.31 bits per heavy atom. The molecular weight excluding hydrogens is 230 g/mol. The summed E-state index contributed by atoms with van der Waals surface area (Å²) in [5.41, 5.74) is 1.23. The largest absolute Gasteiger partial charge is 0.612 e. The zero-order chi connectivity index (χ0) is 11.8. The van der Waals surface area contributed by atoms with Crippen molar-refractivity contribution in [2.75, 3.05) is 0 Å². The molecule has 16 heavy (non-hydrogen) atoms. The summed E-state index contributed by atoms with van der Waals surface area (Å²) in [4.78, 5) is 21.5. The van der Waals surface area contributed by atoms with E-state index < -0.39 is 15.4 Å². The van der Waals surface area contributed by atoms with Gasteiger partial charge in [-0.05, 0) is 5.56 Å². The molecule has 84 valence electrons. The Balaban J connectivity index is 2.20. The third kappa shape index (κ3) is 2.00. The quantitative estimate of drug-likeness (QED) is 0.340. The number of carbonyl (C=O) groups is 2. The van der Waals surface area contributed by atoms with Gasteiger partial charge in [0.15, 0.2) is 0 Å². The maximum Gasteiger partial charge on any atom is 0.326 e. The fourth-order valence-corrected chi connectivity index (χ4v) is 2.52. The molecule has 6 heteroatoms. The second kappa shape index (κ2) is 3.99. The van der Waals surface area contributed by atoms with Crippen LogP contribution in [0.4, 0.5) is 0 Å². The molecule has 1 aromatic rings. The van der Waals surface area contributed by atoms with Gasteiger partial charge in [0.05, 0.1) is 23.6 Å². The van der Waals surface area contributed by atoms with Gasteiger partial charge in [-0.2, -0.15) is 0 Å². The molecule has 2 rings (SSSR count). The zero-order valence-electron chi connectivity index (χ0n) is 8.16. The second-order valence-corrected chi connectivity index (χ2v) is 4.73. The molecule has 1 heterocycles. The standard InChI is InChI=1S/C10H8NO4S/c12-6-7-1-3-8(4-2-7)9-5-10(13)11(14,15)16-9/h1-4,6,9H,5H2/q-1. The Bertz CT molecular complexity index is 429. The molecule has 1 amide bonds. The van der Waals surface area contributed by atoms with Crippen molar-refractivity contribution < 1.29 is 13.8 Å².